The van der Waals surface area contributed by atoms with Crippen molar-refractivity contribution in [2.75, 3.05) is 6.61 Å². The second-order valence-corrected chi connectivity index (χ2v) is 7.08. The molecule has 6 nitrogen and oxygen atoms in total. The van der Waals surface area contributed by atoms with E-state index < -0.39 is 0 Å². The normalized spacial score (nSPS) is 17.8. The summed E-state index contributed by atoms with van der Waals surface area (Å²) in [6.07, 6.45) is 2.26. The number of nitrogens with zero attached hydrogens (tertiary/aromatic N) is 3. The molecule has 2 aromatic rings. The van der Waals surface area contributed by atoms with Crippen molar-refractivity contribution in [1.82, 2.24) is 15.0 Å². The van der Waals surface area contributed by atoms with Gasteiger partial charge in [0, 0.05) is 24.4 Å². The highest BCUT2D eigenvalue weighted by atomic mass is 32.1. The Morgan fingerprint density at radius 1 is 1.48 bits per heavy atom. The van der Waals surface area contributed by atoms with Crippen LogP contribution in [0.3, 0.4) is 0 Å². The molecule has 0 saturated carbocycles. The van der Waals surface area contributed by atoms with E-state index in [1.807, 2.05) is 26.0 Å². The second kappa shape index (κ2) is 6.80. The minimum Gasteiger partial charge on any atom is -0.373 e. The van der Waals surface area contributed by atoms with Gasteiger partial charge in [-0.15, -0.1) is 11.3 Å². The number of aromatic nitrogens is 2. The zero-order chi connectivity index (χ0) is 16.4. The Labute approximate surface area is 139 Å². The Kier molecular flexibility index (Phi) is 4.77. The molecule has 1 unspecified atom stereocenters. The summed E-state index contributed by atoms with van der Waals surface area (Å²) in [7, 11) is 0. The SMILES string of the molecule is Cc1nc(CN(C(=O)c2ccc(C3CCCO3)s2)C(C)C)no1. The number of carbonyl (C=O) groups is 1. The quantitative estimate of drug-likeness (QED) is 0.838. The Bertz CT molecular complexity index is 674. The number of thiophene rings is 1. The van der Waals surface area contributed by atoms with E-state index in [9.17, 15) is 4.79 Å². The van der Waals surface area contributed by atoms with Gasteiger partial charge in [-0.05, 0) is 38.8 Å². The lowest BCUT2D eigenvalue weighted by Crippen LogP contribution is -2.36. The summed E-state index contributed by atoms with van der Waals surface area (Å²) in [6, 6.07) is 3.95. The molecule has 0 aliphatic carbocycles. The minimum atomic E-state index is -0.00306. The number of hydrogen-bond donors (Lipinski definition) is 0. The molecule has 124 valence electrons. The van der Waals surface area contributed by atoms with Crippen LogP contribution in [-0.4, -0.2) is 33.6 Å². The Morgan fingerprint density at radius 2 is 2.30 bits per heavy atom. The van der Waals surface area contributed by atoms with Crippen LogP contribution in [0.25, 0.3) is 0 Å². The van der Waals surface area contributed by atoms with E-state index >= 15 is 0 Å². The number of hydrogen-bond acceptors (Lipinski definition) is 6. The molecule has 1 saturated heterocycles. The third kappa shape index (κ3) is 3.61. The van der Waals surface area contributed by atoms with E-state index in [-0.39, 0.29) is 18.1 Å². The highest BCUT2D eigenvalue weighted by molar-refractivity contribution is 7.14. The maximum Gasteiger partial charge on any atom is 0.264 e. The van der Waals surface area contributed by atoms with Crippen LogP contribution in [0.15, 0.2) is 16.7 Å². The van der Waals surface area contributed by atoms with Crippen LogP contribution < -0.4 is 0 Å². The van der Waals surface area contributed by atoms with Gasteiger partial charge < -0.3 is 14.2 Å². The van der Waals surface area contributed by atoms with Crippen LogP contribution in [0.1, 0.15) is 59.1 Å². The van der Waals surface area contributed by atoms with Gasteiger partial charge in [0.25, 0.3) is 5.91 Å². The van der Waals surface area contributed by atoms with Crippen molar-refractivity contribution in [3.05, 3.63) is 33.6 Å². The van der Waals surface area contributed by atoms with Crippen LogP contribution in [0.5, 0.6) is 0 Å². The monoisotopic (exact) mass is 335 g/mol. The molecular weight excluding hydrogens is 314 g/mol. The first-order valence-electron chi connectivity index (χ1n) is 7.86. The molecule has 2 aromatic heterocycles. The molecule has 0 bridgehead atoms. The molecular formula is C16H21N3O3S. The van der Waals surface area contributed by atoms with Crippen molar-refractivity contribution in [3.63, 3.8) is 0 Å². The van der Waals surface area contributed by atoms with Crippen LogP contribution in [0, 0.1) is 6.92 Å². The predicted octanol–water partition coefficient (Wildman–Crippen LogP) is 3.34. The molecule has 1 amide bonds. The summed E-state index contributed by atoms with van der Waals surface area (Å²) in [5.41, 5.74) is 0. The lowest BCUT2D eigenvalue weighted by Gasteiger charge is -2.24. The standard InChI is InChI=1S/C16H21N3O3S/c1-10(2)19(9-15-17-11(3)22-18-15)16(20)14-7-6-13(23-14)12-5-4-8-21-12/h6-7,10,12H,4-5,8-9H2,1-3H3. The zero-order valence-corrected chi connectivity index (χ0v) is 14.4. The van der Waals surface area contributed by atoms with Crippen LogP contribution in [0.4, 0.5) is 0 Å². The minimum absolute atomic E-state index is 0.00306. The van der Waals surface area contributed by atoms with Crippen LogP contribution >= 0.6 is 11.3 Å². The largest absolute Gasteiger partial charge is 0.373 e. The number of carbonyl (C=O) groups excluding carboxylic acids is 1. The third-order valence-electron chi connectivity index (χ3n) is 3.85. The number of ether oxygens (including phenoxy) is 1. The Balaban J connectivity index is 1.75. The summed E-state index contributed by atoms with van der Waals surface area (Å²) in [5, 5.41) is 3.89. The van der Waals surface area contributed by atoms with Gasteiger partial charge in [-0.3, -0.25) is 4.79 Å². The molecule has 0 aromatic carbocycles. The molecule has 1 aliphatic heterocycles. The fourth-order valence-corrected chi connectivity index (χ4v) is 3.68. The van der Waals surface area contributed by atoms with E-state index in [0.29, 0.717) is 18.3 Å². The van der Waals surface area contributed by atoms with Crippen LogP contribution in [-0.2, 0) is 11.3 Å². The lowest BCUT2D eigenvalue weighted by molar-refractivity contribution is 0.0688. The molecule has 3 heterocycles. The van der Waals surface area contributed by atoms with Crippen molar-refractivity contribution in [1.29, 1.82) is 0 Å². The first kappa shape index (κ1) is 16.1. The van der Waals surface area contributed by atoms with Gasteiger partial charge in [0.15, 0.2) is 5.82 Å². The van der Waals surface area contributed by atoms with Crippen molar-refractivity contribution in [3.8, 4) is 0 Å². The summed E-state index contributed by atoms with van der Waals surface area (Å²) < 4.78 is 10.7. The zero-order valence-electron chi connectivity index (χ0n) is 13.6. The van der Waals surface area contributed by atoms with E-state index in [2.05, 4.69) is 10.1 Å². The smallest absolute Gasteiger partial charge is 0.264 e. The molecule has 7 heteroatoms. The van der Waals surface area contributed by atoms with Crippen molar-refractivity contribution >= 4 is 17.2 Å². The number of aryl methyl sites for hydroxylation is 1. The highest BCUT2D eigenvalue weighted by Crippen LogP contribution is 2.33. The summed E-state index contributed by atoms with van der Waals surface area (Å²) in [4.78, 5) is 20.6. The second-order valence-electron chi connectivity index (χ2n) is 5.96. The average Bonchev–Trinajstić information content (AvgIpc) is 3.24. The molecule has 3 rings (SSSR count). The molecule has 0 radical (unpaired) electrons. The van der Waals surface area contributed by atoms with Crippen LogP contribution in [0.2, 0.25) is 0 Å². The Morgan fingerprint density at radius 3 is 2.91 bits per heavy atom. The fraction of sp³-hybridized carbons (Fsp3) is 0.562. The van der Waals surface area contributed by atoms with Gasteiger partial charge in [-0.2, -0.15) is 4.98 Å². The van der Waals surface area contributed by atoms with E-state index in [1.165, 1.54) is 11.3 Å². The predicted molar refractivity (Wildman–Crippen MR) is 86.3 cm³/mol. The van der Waals surface area contributed by atoms with Gasteiger partial charge in [-0.25, -0.2) is 0 Å². The topological polar surface area (TPSA) is 68.5 Å². The molecule has 1 fully saturated rings. The third-order valence-corrected chi connectivity index (χ3v) is 5.02. The van der Waals surface area contributed by atoms with Gasteiger partial charge in [0.1, 0.15) is 0 Å². The van der Waals surface area contributed by atoms with Gasteiger partial charge in [0.2, 0.25) is 5.89 Å². The van der Waals surface area contributed by atoms with E-state index in [0.717, 1.165) is 29.2 Å². The fourth-order valence-electron chi connectivity index (χ4n) is 2.63. The average molecular weight is 335 g/mol. The first-order chi connectivity index (χ1) is 11.0. The summed E-state index contributed by atoms with van der Waals surface area (Å²) in [6.45, 7) is 6.87. The Hall–Kier alpha value is -1.73. The van der Waals surface area contributed by atoms with Gasteiger partial charge in [0.05, 0.1) is 17.5 Å². The molecule has 0 spiro atoms. The number of amides is 1. The number of rotatable bonds is 5. The van der Waals surface area contributed by atoms with Crippen molar-refractivity contribution in [2.24, 2.45) is 0 Å². The maximum absolute atomic E-state index is 12.8. The molecule has 23 heavy (non-hydrogen) atoms. The van der Waals surface area contributed by atoms with E-state index in [4.69, 9.17) is 9.26 Å². The van der Waals surface area contributed by atoms with E-state index in [1.54, 1.807) is 11.8 Å². The first-order valence-corrected chi connectivity index (χ1v) is 8.67. The maximum atomic E-state index is 12.8. The molecule has 1 aliphatic rings. The van der Waals surface area contributed by atoms with Crippen molar-refractivity contribution < 1.29 is 14.1 Å². The lowest BCUT2D eigenvalue weighted by atomic mass is 10.2. The van der Waals surface area contributed by atoms with Crippen molar-refractivity contribution in [2.45, 2.75) is 52.3 Å². The summed E-state index contributed by atoms with van der Waals surface area (Å²) >= 11 is 1.52. The van der Waals surface area contributed by atoms with Gasteiger partial charge in [-0.1, -0.05) is 5.16 Å². The summed E-state index contributed by atoms with van der Waals surface area (Å²) in [5.74, 6) is 1.03. The molecule has 1 atom stereocenters. The highest BCUT2D eigenvalue weighted by Gasteiger charge is 2.25. The van der Waals surface area contributed by atoms with Gasteiger partial charge >= 0.3 is 0 Å². The molecule has 0 N–H and O–H groups in total.